The highest BCUT2D eigenvalue weighted by molar-refractivity contribution is 5.92. The molecule has 3 aromatic rings. The first-order chi connectivity index (χ1) is 18.9. The third-order valence-corrected chi connectivity index (χ3v) is 6.44. The van der Waals surface area contributed by atoms with Gasteiger partial charge in [0.25, 0.3) is 5.91 Å². The van der Waals surface area contributed by atoms with Crippen LogP contribution in [-0.2, 0) is 12.8 Å². The Balaban J connectivity index is 1.77. The maximum absolute atomic E-state index is 13.6. The molecule has 1 aliphatic rings. The lowest BCUT2D eigenvalue weighted by Gasteiger charge is -2.37. The van der Waals surface area contributed by atoms with Crippen LogP contribution in [0, 0.1) is 10.1 Å². The molecule has 0 N–H and O–H groups in total. The van der Waals surface area contributed by atoms with Crippen LogP contribution >= 0.6 is 0 Å². The van der Waals surface area contributed by atoms with Gasteiger partial charge in [0, 0.05) is 6.54 Å². The number of amides is 1. The average molecular weight is 539 g/mol. The van der Waals surface area contributed by atoms with E-state index in [1.54, 1.807) is 4.90 Å². The second-order valence-corrected chi connectivity index (χ2v) is 8.87. The molecule has 0 aliphatic carbocycles. The SMILES string of the molecule is CCOc1ccc(C[C@H]2c3cc(OCC)c(OCC)cc3CCN2C(=O)c2ccc([N+](=O)[O-])o2)cc1OCC. The van der Waals surface area contributed by atoms with Gasteiger partial charge in [-0.15, -0.1) is 0 Å². The van der Waals surface area contributed by atoms with Gasteiger partial charge < -0.3 is 28.3 Å². The number of ether oxygens (including phenoxy) is 4. The zero-order chi connectivity index (χ0) is 27.9. The molecule has 1 atom stereocenters. The van der Waals surface area contributed by atoms with Gasteiger partial charge in [-0.2, -0.15) is 0 Å². The second kappa shape index (κ2) is 12.6. The van der Waals surface area contributed by atoms with Gasteiger partial charge in [0.05, 0.1) is 38.5 Å². The topological polar surface area (TPSA) is 114 Å². The van der Waals surface area contributed by atoms with Crippen molar-refractivity contribution in [3.63, 3.8) is 0 Å². The smallest absolute Gasteiger partial charge is 0.433 e. The molecule has 0 spiro atoms. The van der Waals surface area contributed by atoms with Crippen molar-refractivity contribution in [2.24, 2.45) is 0 Å². The molecule has 2 heterocycles. The molecule has 0 saturated heterocycles. The molecule has 0 fully saturated rings. The third-order valence-electron chi connectivity index (χ3n) is 6.44. The Morgan fingerprint density at radius 1 is 0.897 bits per heavy atom. The van der Waals surface area contributed by atoms with Gasteiger partial charge >= 0.3 is 5.88 Å². The maximum Gasteiger partial charge on any atom is 0.433 e. The van der Waals surface area contributed by atoms with E-state index in [1.807, 2.05) is 58.0 Å². The van der Waals surface area contributed by atoms with Crippen molar-refractivity contribution in [1.82, 2.24) is 4.90 Å². The minimum Gasteiger partial charge on any atom is -0.490 e. The fourth-order valence-electron chi connectivity index (χ4n) is 4.84. The van der Waals surface area contributed by atoms with Gasteiger partial charge in [0.2, 0.25) is 0 Å². The molecule has 0 bridgehead atoms. The van der Waals surface area contributed by atoms with Crippen LogP contribution in [0.25, 0.3) is 0 Å². The molecule has 10 nitrogen and oxygen atoms in total. The number of nitro groups is 1. The summed E-state index contributed by atoms with van der Waals surface area (Å²) in [5, 5.41) is 11.2. The van der Waals surface area contributed by atoms with E-state index in [-0.39, 0.29) is 5.76 Å². The van der Waals surface area contributed by atoms with Crippen molar-refractivity contribution in [2.75, 3.05) is 33.0 Å². The summed E-state index contributed by atoms with van der Waals surface area (Å²) in [7, 11) is 0. The molecule has 1 aliphatic heterocycles. The van der Waals surface area contributed by atoms with E-state index in [4.69, 9.17) is 23.4 Å². The highest BCUT2D eigenvalue weighted by Gasteiger charge is 2.35. The number of hydrogen-bond acceptors (Lipinski definition) is 8. The summed E-state index contributed by atoms with van der Waals surface area (Å²) < 4.78 is 28.6. The standard InChI is InChI=1S/C29H34N2O8/c1-5-35-23-10-9-19(16-25(23)36-6-2)15-22-21-18-27(38-8-4)26(37-7-3)17-20(21)13-14-30(22)29(32)24-11-12-28(39-24)31(33)34/h9-12,16-18,22H,5-8,13-15H2,1-4H3/t22-/m0/s1. The molecular formula is C29H34N2O8. The molecule has 10 heteroatoms. The van der Waals surface area contributed by atoms with Gasteiger partial charge in [0.1, 0.15) is 4.92 Å². The highest BCUT2D eigenvalue weighted by Crippen LogP contribution is 2.41. The van der Waals surface area contributed by atoms with Crippen LogP contribution in [0.15, 0.2) is 46.9 Å². The second-order valence-electron chi connectivity index (χ2n) is 8.87. The summed E-state index contributed by atoms with van der Waals surface area (Å²) in [5.41, 5.74) is 2.92. The molecule has 0 radical (unpaired) electrons. The summed E-state index contributed by atoms with van der Waals surface area (Å²) in [6.07, 6.45) is 1.05. The normalized spacial score (nSPS) is 14.5. The van der Waals surface area contributed by atoms with Crippen molar-refractivity contribution in [3.05, 3.63) is 75.0 Å². The summed E-state index contributed by atoms with van der Waals surface area (Å²) in [6.45, 7) is 10.00. The third kappa shape index (κ3) is 6.10. The molecule has 4 rings (SSSR count). The monoisotopic (exact) mass is 538 g/mol. The lowest BCUT2D eigenvalue weighted by molar-refractivity contribution is -0.402. The Hall–Kier alpha value is -4.21. The number of carbonyl (C=O) groups is 1. The van der Waals surface area contributed by atoms with E-state index < -0.39 is 22.8 Å². The fraction of sp³-hybridized carbons (Fsp3) is 0.414. The van der Waals surface area contributed by atoms with Gasteiger partial charge in [-0.1, -0.05) is 6.07 Å². The van der Waals surface area contributed by atoms with Crippen LogP contribution < -0.4 is 18.9 Å². The number of rotatable bonds is 12. The maximum atomic E-state index is 13.6. The van der Waals surface area contributed by atoms with Crippen LogP contribution in [0.1, 0.15) is 61.0 Å². The fourth-order valence-corrected chi connectivity index (χ4v) is 4.84. The van der Waals surface area contributed by atoms with E-state index in [1.165, 1.54) is 12.1 Å². The van der Waals surface area contributed by atoms with Crippen molar-refractivity contribution in [2.45, 2.75) is 46.6 Å². The first-order valence-corrected chi connectivity index (χ1v) is 13.3. The largest absolute Gasteiger partial charge is 0.490 e. The minimum absolute atomic E-state index is 0.0761. The predicted octanol–water partition coefficient (Wildman–Crippen LogP) is 5.76. The van der Waals surface area contributed by atoms with Crippen molar-refractivity contribution < 1.29 is 33.1 Å². The highest BCUT2D eigenvalue weighted by atomic mass is 16.6. The Morgan fingerprint density at radius 2 is 1.51 bits per heavy atom. The van der Waals surface area contributed by atoms with Crippen molar-refractivity contribution >= 4 is 11.8 Å². The van der Waals surface area contributed by atoms with Gasteiger partial charge in [-0.25, -0.2) is 0 Å². The number of nitrogens with zero attached hydrogens (tertiary/aromatic N) is 2. The molecule has 208 valence electrons. The minimum atomic E-state index is -0.654. The van der Waals surface area contributed by atoms with Crippen molar-refractivity contribution in [3.8, 4) is 23.0 Å². The van der Waals surface area contributed by atoms with Gasteiger partial charge in [-0.05, 0) is 87.6 Å². The Morgan fingerprint density at radius 3 is 2.13 bits per heavy atom. The molecule has 2 aromatic carbocycles. The van der Waals surface area contributed by atoms with Gasteiger partial charge in [0.15, 0.2) is 28.8 Å². The number of fused-ring (bicyclic) bond motifs is 1. The van der Waals surface area contributed by atoms with Crippen LogP contribution in [0.5, 0.6) is 23.0 Å². The molecule has 39 heavy (non-hydrogen) atoms. The van der Waals surface area contributed by atoms with Crippen LogP contribution in [-0.4, -0.2) is 48.7 Å². The number of furan rings is 1. The lowest BCUT2D eigenvalue weighted by atomic mass is 9.87. The quantitative estimate of drug-likeness (QED) is 0.211. The molecule has 1 aromatic heterocycles. The Labute approximate surface area is 227 Å². The van der Waals surface area contributed by atoms with Crippen LogP contribution in [0.2, 0.25) is 0 Å². The molecule has 0 unspecified atom stereocenters. The van der Waals surface area contributed by atoms with E-state index >= 15 is 0 Å². The van der Waals surface area contributed by atoms with Crippen LogP contribution in [0.3, 0.4) is 0 Å². The summed E-state index contributed by atoms with van der Waals surface area (Å²) in [6, 6.07) is 11.8. The van der Waals surface area contributed by atoms with E-state index in [0.29, 0.717) is 68.8 Å². The van der Waals surface area contributed by atoms with Crippen LogP contribution in [0.4, 0.5) is 5.88 Å². The Kier molecular flexibility index (Phi) is 8.96. The summed E-state index contributed by atoms with van der Waals surface area (Å²) >= 11 is 0. The molecule has 1 amide bonds. The summed E-state index contributed by atoms with van der Waals surface area (Å²) in [5.74, 6) is 1.59. The average Bonchev–Trinajstić information content (AvgIpc) is 3.42. The molecular weight excluding hydrogens is 504 g/mol. The van der Waals surface area contributed by atoms with Gasteiger partial charge in [-0.3, -0.25) is 14.9 Å². The van der Waals surface area contributed by atoms with E-state index in [0.717, 1.165) is 16.7 Å². The van der Waals surface area contributed by atoms with E-state index in [2.05, 4.69) is 0 Å². The zero-order valence-electron chi connectivity index (χ0n) is 22.7. The summed E-state index contributed by atoms with van der Waals surface area (Å²) in [4.78, 5) is 25.9. The Bertz CT molecular complexity index is 1320. The first kappa shape index (κ1) is 27.8. The number of benzene rings is 2. The number of hydrogen-bond donors (Lipinski definition) is 0. The lowest BCUT2D eigenvalue weighted by Crippen LogP contribution is -2.41. The van der Waals surface area contributed by atoms with Crippen molar-refractivity contribution in [1.29, 1.82) is 0 Å². The number of carbonyl (C=O) groups excluding carboxylic acids is 1. The zero-order valence-corrected chi connectivity index (χ0v) is 22.7. The first-order valence-electron chi connectivity index (χ1n) is 13.3. The molecule has 0 saturated carbocycles. The van der Waals surface area contributed by atoms with E-state index in [9.17, 15) is 14.9 Å². The predicted molar refractivity (Wildman–Crippen MR) is 144 cm³/mol.